The molecule has 1 N–H and O–H groups in total. The van der Waals surface area contributed by atoms with Gasteiger partial charge in [-0.3, -0.25) is 0 Å². The minimum atomic E-state index is -1.01. The van der Waals surface area contributed by atoms with Gasteiger partial charge in [-0.05, 0) is 36.6 Å². The number of aromatic nitrogens is 2. The predicted octanol–water partition coefficient (Wildman–Crippen LogP) is 4.36. The molecule has 0 spiro atoms. The number of fused-ring (bicyclic) bond motifs is 4. The van der Waals surface area contributed by atoms with Crippen LogP contribution >= 0.6 is 11.8 Å². The summed E-state index contributed by atoms with van der Waals surface area (Å²) in [5.74, 6) is -0.259. The summed E-state index contributed by atoms with van der Waals surface area (Å²) < 4.78 is 5.41. The van der Waals surface area contributed by atoms with E-state index in [4.69, 9.17) is 4.74 Å². The van der Waals surface area contributed by atoms with Crippen LogP contribution in [0.2, 0.25) is 0 Å². The van der Waals surface area contributed by atoms with Gasteiger partial charge in [0.25, 0.3) is 0 Å². The van der Waals surface area contributed by atoms with Gasteiger partial charge in [0.15, 0.2) is 0 Å². The molecule has 0 saturated carbocycles. The molecule has 25 heavy (non-hydrogen) atoms. The van der Waals surface area contributed by atoms with Crippen LogP contribution in [0.4, 0.5) is 0 Å². The van der Waals surface area contributed by atoms with E-state index in [9.17, 15) is 9.90 Å². The third-order valence-electron chi connectivity index (χ3n) is 4.19. The van der Waals surface area contributed by atoms with Crippen molar-refractivity contribution < 1.29 is 14.6 Å². The van der Waals surface area contributed by atoms with Gasteiger partial charge < -0.3 is 9.84 Å². The van der Waals surface area contributed by atoms with E-state index in [-0.39, 0.29) is 5.56 Å². The summed E-state index contributed by atoms with van der Waals surface area (Å²) in [5, 5.41) is 11.4. The predicted molar refractivity (Wildman–Crippen MR) is 99.8 cm³/mol. The van der Waals surface area contributed by atoms with E-state index in [1.54, 1.807) is 13.2 Å². The summed E-state index contributed by atoms with van der Waals surface area (Å²) in [5.41, 5.74) is 2.54. The number of carbonyl (C=O) groups is 1. The van der Waals surface area contributed by atoms with Crippen LogP contribution in [-0.2, 0) is 0 Å². The van der Waals surface area contributed by atoms with E-state index in [1.165, 1.54) is 11.8 Å². The maximum atomic E-state index is 11.7. The lowest BCUT2D eigenvalue weighted by Gasteiger charge is -2.10. The average Bonchev–Trinajstić information content (AvgIpc) is 2.64. The van der Waals surface area contributed by atoms with Gasteiger partial charge in [-0.15, -0.1) is 11.8 Å². The van der Waals surface area contributed by atoms with Crippen molar-refractivity contribution in [3.05, 3.63) is 48.0 Å². The first-order chi connectivity index (χ1) is 12.1. The van der Waals surface area contributed by atoms with E-state index < -0.39 is 5.97 Å². The first-order valence-corrected chi connectivity index (χ1v) is 8.83. The Kier molecular flexibility index (Phi) is 3.69. The molecule has 4 aromatic rings. The zero-order chi connectivity index (χ0) is 17.6. The van der Waals surface area contributed by atoms with Gasteiger partial charge >= 0.3 is 5.97 Å². The summed E-state index contributed by atoms with van der Waals surface area (Å²) in [6, 6.07) is 13.1. The first-order valence-electron chi connectivity index (χ1n) is 7.61. The van der Waals surface area contributed by atoms with Crippen LogP contribution in [0.3, 0.4) is 0 Å². The monoisotopic (exact) mass is 350 g/mol. The summed E-state index contributed by atoms with van der Waals surface area (Å²) in [7, 11) is 1.62. The number of hydrogen-bond acceptors (Lipinski definition) is 5. The van der Waals surface area contributed by atoms with Gasteiger partial charge in [0.1, 0.15) is 11.3 Å². The number of thioether (sulfide) groups is 1. The maximum absolute atomic E-state index is 11.7. The number of aromatic carboxylic acids is 1. The highest BCUT2D eigenvalue weighted by Gasteiger charge is 2.15. The maximum Gasteiger partial charge on any atom is 0.338 e. The number of methoxy groups -OCH3 is 1. The van der Waals surface area contributed by atoms with Crippen molar-refractivity contribution in [1.29, 1.82) is 0 Å². The van der Waals surface area contributed by atoms with E-state index in [2.05, 4.69) is 9.97 Å². The molecule has 0 unspecified atom stereocenters. The fourth-order valence-electron chi connectivity index (χ4n) is 3.01. The SMILES string of the molecule is COc1cccc2c1ccc1nc3cc(SC)cc(C(=O)O)c3nc12. The van der Waals surface area contributed by atoms with Crippen LogP contribution in [0.15, 0.2) is 47.4 Å². The van der Waals surface area contributed by atoms with Crippen LogP contribution < -0.4 is 4.74 Å². The fraction of sp³-hybridized carbons (Fsp3) is 0.105. The molecule has 1 heterocycles. The topological polar surface area (TPSA) is 72.3 Å². The van der Waals surface area contributed by atoms with Crippen molar-refractivity contribution in [2.75, 3.05) is 13.4 Å². The average molecular weight is 350 g/mol. The molecule has 0 radical (unpaired) electrons. The highest BCUT2D eigenvalue weighted by molar-refractivity contribution is 7.98. The Balaban J connectivity index is 2.17. The van der Waals surface area contributed by atoms with Gasteiger partial charge in [-0.25, -0.2) is 14.8 Å². The normalized spacial score (nSPS) is 11.3. The molecule has 0 aliphatic heterocycles. The van der Waals surface area contributed by atoms with Gasteiger partial charge in [0.05, 0.1) is 29.2 Å². The molecule has 0 fully saturated rings. The lowest BCUT2D eigenvalue weighted by Crippen LogP contribution is -2.01. The number of carboxylic acids is 1. The van der Waals surface area contributed by atoms with Gasteiger partial charge in [-0.2, -0.15) is 0 Å². The minimum Gasteiger partial charge on any atom is -0.496 e. The molecular formula is C19H14N2O3S. The number of benzene rings is 3. The van der Waals surface area contributed by atoms with E-state index >= 15 is 0 Å². The van der Waals surface area contributed by atoms with Gasteiger partial charge in [0.2, 0.25) is 0 Å². The summed E-state index contributed by atoms with van der Waals surface area (Å²) in [6.07, 6.45) is 1.90. The fourth-order valence-corrected chi connectivity index (χ4v) is 3.47. The smallest absolute Gasteiger partial charge is 0.338 e. The number of ether oxygens (including phenoxy) is 1. The van der Waals surface area contributed by atoms with E-state index in [0.29, 0.717) is 16.6 Å². The van der Waals surface area contributed by atoms with Crippen molar-refractivity contribution >= 4 is 50.6 Å². The molecular weight excluding hydrogens is 336 g/mol. The molecule has 0 amide bonds. The number of carboxylic acid groups (broad SMARTS) is 1. The largest absolute Gasteiger partial charge is 0.496 e. The minimum absolute atomic E-state index is 0.163. The second kappa shape index (κ2) is 5.89. The Morgan fingerprint density at radius 3 is 2.60 bits per heavy atom. The number of nitrogens with zero attached hydrogens (tertiary/aromatic N) is 2. The Labute approximate surface area is 147 Å². The molecule has 0 saturated heterocycles. The van der Waals surface area contributed by atoms with Crippen LogP contribution in [0.25, 0.3) is 32.8 Å². The van der Waals surface area contributed by atoms with E-state index in [0.717, 1.165) is 26.9 Å². The standard InChI is InChI=1S/C19H14N2O3S/c1-24-16-5-3-4-12-11(16)6-7-14-17(12)21-18-13(19(22)23)8-10(25-2)9-15(18)20-14/h3-9H,1-2H3,(H,22,23). The quantitative estimate of drug-likeness (QED) is 0.336. The van der Waals surface area contributed by atoms with Gasteiger partial charge in [0, 0.05) is 15.7 Å². The second-order valence-corrected chi connectivity index (χ2v) is 6.44. The molecule has 3 aromatic carbocycles. The summed E-state index contributed by atoms with van der Waals surface area (Å²) in [6.45, 7) is 0. The summed E-state index contributed by atoms with van der Waals surface area (Å²) in [4.78, 5) is 21.9. The molecule has 0 bridgehead atoms. The third kappa shape index (κ3) is 2.46. The van der Waals surface area contributed by atoms with Crippen molar-refractivity contribution in [2.45, 2.75) is 4.90 Å². The lowest BCUT2D eigenvalue weighted by atomic mass is 10.1. The molecule has 5 nitrogen and oxygen atoms in total. The highest BCUT2D eigenvalue weighted by atomic mass is 32.2. The second-order valence-electron chi connectivity index (χ2n) is 5.56. The first kappa shape index (κ1) is 15.7. The Morgan fingerprint density at radius 1 is 1.04 bits per heavy atom. The molecule has 6 heteroatoms. The Bertz CT molecular complexity index is 1160. The van der Waals surface area contributed by atoms with Gasteiger partial charge in [-0.1, -0.05) is 12.1 Å². The van der Waals surface area contributed by atoms with Crippen molar-refractivity contribution in [2.24, 2.45) is 0 Å². The Hall–Kier alpha value is -2.86. The highest BCUT2D eigenvalue weighted by Crippen LogP contribution is 2.32. The number of rotatable bonds is 3. The third-order valence-corrected chi connectivity index (χ3v) is 4.89. The zero-order valence-electron chi connectivity index (χ0n) is 13.6. The molecule has 4 rings (SSSR count). The van der Waals surface area contributed by atoms with E-state index in [1.807, 2.05) is 42.7 Å². The molecule has 1 aromatic heterocycles. The summed E-state index contributed by atoms with van der Waals surface area (Å²) >= 11 is 1.48. The molecule has 0 aliphatic rings. The molecule has 0 atom stereocenters. The zero-order valence-corrected chi connectivity index (χ0v) is 14.4. The van der Waals surface area contributed by atoms with Crippen LogP contribution in [0, 0.1) is 0 Å². The van der Waals surface area contributed by atoms with Crippen molar-refractivity contribution in [1.82, 2.24) is 9.97 Å². The van der Waals surface area contributed by atoms with Crippen molar-refractivity contribution in [3.8, 4) is 5.75 Å². The van der Waals surface area contributed by atoms with Crippen LogP contribution in [0.1, 0.15) is 10.4 Å². The van der Waals surface area contributed by atoms with Crippen LogP contribution in [0.5, 0.6) is 5.75 Å². The van der Waals surface area contributed by atoms with Crippen molar-refractivity contribution in [3.63, 3.8) is 0 Å². The molecule has 0 aliphatic carbocycles. The lowest BCUT2D eigenvalue weighted by molar-refractivity contribution is 0.0698. The Morgan fingerprint density at radius 2 is 1.88 bits per heavy atom. The number of hydrogen-bond donors (Lipinski definition) is 1. The van der Waals surface area contributed by atoms with Crippen LogP contribution in [-0.4, -0.2) is 34.4 Å². The molecule has 124 valence electrons.